The molecule has 112 valence electrons. The molecule has 7 heteroatoms. The van der Waals surface area contributed by atoms with E-state index in [0.717, 1.165) is 12.8 Å². The van der Waals surface area contributed by atoms with Crippen LogP contribution in [0.5, 0.6) is 0 Å². The summed E-state index contributed by atoms with van der Waals surface area (Å²) in [5, 5.41) is 4.07. The molecule has 0 bridgehead atoms. The van der Waals surface area contributed by atoms with E-state index >= 15 is 0 Å². The van der Waals surface area contributed by atoms with E-state index in [4.69, 9.17) is 0 Å². The van der Waals surface area contributed by atoms with Crippen LogP contribution in [0.2, 0.25) is 0 Å². The summed E-state index contributed by atoms with van der Waals surface area (Å²) >= 11 is 0. The van der Waals surface area contributed by atoms with Crippen LogP contribution in [-0.2, 0) is 10.0 Å². The SMILES string of the molecule is O=S(=O)(NCC1CCCC1)c1cnn(-c2ccccn2)c1. The summed E-state index contributed by atoms with van der Waals surface area (Å²) < 4.78 is 28.6. The van der Waals surface area contributed by atoms with Crippen LogP contribution >= 0.6 is 0 Å². The lowest BCUT2D eigenvalue weighted by Crippen LogP contribution is -2.28. The topological polar surface area (TPSA) is 76.9 Å². The van der Waals surface area contributed by atoms with E-state index in [1.54, 1.807) is 18.3 Å². The van der Waals surface area contributed by atoms with E-state index in [2.05, 4.69) is 14.8 Å². The maximum absolute atomic E-state index is 12.2. The summed E-state index contributed by atoms with van der Waals surface area (Å²) in [6.45, 7) is 0.511. The minimum Gasteiger partial charge on any atom is -0.237 e. The Bertz CT molecular complexity index is 691. The maximum atomic E-state index is 12.2. The van der Waals surface area contributed by atoms with Crippen LogP contribution in [0.4, 0.5) is 0 Å². The van der Waals surface area contributed by atoms with Gasteiger partial charge in [-0.25, -0.2) is 22.8 Å². The summed E-state index contributed by atoms with van der Waals surface area (Å²) in [6, 6.07) is 5.40. The van der Waals surface area contributed by atoms with Crippen molar-refractivity contribution in [3.8, 4) is 5.82 Å². The molecule has 0 aliphatic heterocycles. The number of pyridine rings is 1. The fourth-order valence-electron chi connectivity index (χ4n) is 2.58. The van der Waals surface area contributed by atoms with Crippen molar-refractivity contribution in [2.75, 3.05) is 6.54 Å². The van der Waals surface area contributed by atoms with Crippen LogP contribution in [0.15, 0.2) is 41.7 Å². The van der Waals surface area contributed by atoms with Gasteiger partial charge in [-0.3, -0.25) is 0 Å². The zero-order valence-corrected chi connectivity index (χ0v) is 12.5. The molecular formula is C14H18N4O2S. The number of hydrogen-bond donors (Lipinski definition) is 1. The van der Waals surface area contributed by atoms with E-state index in [1.165, 1.54) is 29.9 Å². The quantitative estimate of drug-likeness (QED) is 0.912. The highest BCUT2D eigenvalue weighted by Gasteiger charge is 2.21. The molecule has 2 aromatic rings. The molecule has 2 heterocycles. The van der Waals surface area contributed by atoms with Crippen LogP contribution in [0.3, 0.4) is 0 Å². The van der Waals surface area contributed by atoms with Crippen molar-refractivity contribution < 1.29 is 8.42 Å². The predicted octanol–water partition coefficient (Wildman–Crippen LogP) is 1.74. The van der Waals surface area contributed by atoms with Gasteiger partial charge in [0.05, 0.1) is 12.4 Å². The molecule has 1 N–H and O–H groups in total. The summed E-state index contributed by atoms with van der Waals surface area (Å²) in [5.41, 5.74) is 0. The molecule has 1 saturated carbocycles. The average molecular weight is 306 g/mol. The normalized spacial score (nSPS) is 16.4. The molecule has 6 nitrogen and oxygen atoms in total. The first-order valence-electron chi connectivity index (χ1n) is 7.11. The Morgan fingerprint density at radius 2 is 2.10 bits per heavy atom. The molecule has 0 saturated heterocycles. The summed E-state index contributed by atoms with van der Waals surface area (Å²) in [6.07, 6.45) is 9.09. The van der Waals surface area contributed by atoms with Crippen molar-refractivity contribution in [3.63, 3.8) is 0 Å². The van der Waals surface area contributed by atoms with Gasteiger partial charge in [-0.15, -0.1) is 0 Å². The zero-order valence-electron chi connectivity index (χ0n) is 11.6. The molecular weight excluding hydrogens is 288 g/mol. The second-order valence-corrected chi connectivity index (χ2v) is 7.08. The van der Waals surface area contributed by atoms with Gasteiger partial charge < -0.3 is 0 Å². The van der Waals surface area contributed by atoms with Crippen LogP contribution in [0.1, 0.15) is 25.7 Å². The van der Waals surface area contributed by atoms with Crippen LogP contribution in [0.25, 0.3) is 5.82 Å². The Morgan fingerprint density at radius 3 is 2.81 bits per heavy atom. The third-order valence-electron chi connectivity index (χ3n) is 3.79. The van der Waals surface area contributed by atoms with Crippen LogP contribution < -0.4 is 4.72 Å². The van der Waals surface area contributed by atoms with Gasteiger partial charge in [0.15, 0.2) is 5.82 Å². The van der Waals surface area contributed by atoms with Gasteiger partial charge in [0, 0.05) is 12.7 Å². The van der Waals surface area contributed by atoms with Gasteiger partial charge >= 0.3 is 0 Å². The molecule has 2 aromatic heterocycles. The van der Waals surface area contributed by atoms with E-state index in [0.29, 0.717) is 18.3 Å². The largest absolute Gasteiger partial charge is 0.243 e. The molecule has 21 heavy (non-hydrogen) atoms. The molecule has 1 fully saturated rings. The van der Waals surface area contributed by atoms with E-state index in [-0.39, 0.29) is 4.90 Å². The van der Waals surface area contributed by atoms with Crippen molar-refractivity contribution in [1.29, 1.82) is 0 Å². The Balaban J connectivity index is 1.72. The lowest BCUT2D eigenvalue weighted by atomic mass is 10.1. The minimum absolute atomic E-state index is 0.172. The van der Waals surface area contributed by atoms with Gasteiger partial charge in [0.2, 0.25) is 10.0 Å². The first kappa shape index (κ1) is 14.2. The van der Waals surface area contributed by atoms with Gasteiger partial charge in [-0.2, -0.15) is 5.10 Å². The Kier molecular flexibility index (Phi) is 4.03. The number of nitrogens with zero attached hydrogens (tertiary/aromatic N) is 3. The Labute approximate surface area is 124 Å². The standard InChI is InChI=1S/C14H18N4O2S/c19-21(20,17-9-12-5-1-2-6-12)13-10-16-18(11-13)14-7-3-4-8-15-14/h3-4,7-8,10-12,17H,1-2,5-6,9H2. The number of hydrogen-bond acceptors (Lipinski definition) is 4. The van der Waals surface area contributed by atoms with Gasteiger partial charge in [0.25, 0.3) is 0 Å². The molecule has 1 aliphatic carbocycles. The van der Waals surface area contributed by atoms with Gasteiger partial charge in [-0.1, -0.05) is 18.9 Å². The number of rotatable bonds is 5. The minimum atomic E-state index is -3.50. The van der Waals surface area contributed by atoms with Crippen LogP contribution in [-0.4, -0.2) is 29.7 Å². The number of nitrogens with one attached hydrogen (secondary N) is 1. The monoisotopic (exact) mass is 306 g/mol. The second kappa shape index (κ2) is 5.95. The van der Waals surface area contributed by atoms with E-state index in [1.807, 2.05) is 6.07 Å². The Morgan fingerprint density at radius 1 is 1.29 bits per heavy atom. The predicted molar refractivity (Wildman–Crippen MR) is 78.5 cm³/mol. The van der Waals surface area contributed by atoms with Crippen molar-refractivity contribution >= 4 is 10.0 Å². The first-order valence-corrected chi connectivity index (χ1v) is 8.59. The molecule has 0 radical (unpaired) electrons. The zero-order chi connectivity index (χ0) is 14.7. The molecule has 0 aromatic carbocycles. The maximum Gasteiger partial charge on any atom is 0.243 e. The fraction of sp³-hybridized carbons (Fsp3) is 0.429. The van der Waals surface area contributed by atoms with Crippen LogP contribution in [0, 0.1) is 5.92 Å². The Hall–Kier alpha value is -1.73. The average Bonchev–Trinajstić information content (AvgIpc) is 3.18. The molecule has 0 unspecified atom stereocenters. The summed E-state index contributed by atoms with van der Waals surface area (Å²) in [5.74, 6) is 1.06. The molecule has 3 rings (SSSR count). The smallest absolute Gasteiger partial charge is 0.237 e. The lowest BCUT2D eigenvalue weighted by molar-refractivity contribution is 0.519. The van der Waals surface area contributed by atoms with Gasteiger partial charge in [0.1, 0.15) is 4.90 Å². The third-order valence-corrected chi connectivity index (χ3v) is 5.17. The molecule has 0 atom stereocenters. The first-order chi connectivity index (χ1) is 10.1. The van der Waals surface area contributed by atoms with E-state index in [9.17, 15) is 8.42 Å². The second-order valence-electron chi connectivity index (χ2n) is 5.31. The highest BCUT2D eigenvalue weighted by molar-refractivity contribution is 7.89. The van der Waals surface area contributed by atoms with Crippen molar-refractivity contribution in [3.05, 3.63) is 36.8 Å². The summed E-state index contributed by atoms with van der Waals surface area (Å²) in [7, 11) is -3.50. The third kappa shape index (κ3) is 3.30. The highest BCUT2D eigenvalue weighted by Crippen LogP contribution is 2.24. The van der Waals surface area contributed by atoms with Crippen molar-refractivity contribution in [1.82, 2.24) is 19.5 Å². The van der Waals surface area contributed by atoms with Crippen molar-refractivity contribution in [2.24, 2.45) is 5.92 Å². The van der Waals surface area contributed by atoms with Crippen molar-refractivity contribution in [2.45, 2.75) is 30.6 Å². The van der Waals surface area contributed by atoms with E-state index < -0.39 is 10.0 Å². The number of sulfonamides is 1. The molecule has 0 amide bonds. The number of aromatic nitrogens is 3. The molecule has 0 spiro atoms. The summed E-state index contributed by atoms with van der Waals surface area (Å²) in [4.78, 5) is 4.31. The lowest BCUT2D eigenvalue weighted by Gasteiger charge is -2.09. The van der Waals surface area contributed by atoms with Gasteiger partial charge in [-0.05, 0) is 30.9 Å². The fourth-order valence-corrected chi connectivity index (χ4v) is 3.63. The highest BCUT2D eigenvalue weighted by atomic mass is 32.2. The molecule has 1 aliphatic rings.